The van der Waals surface area contributed by atoms with Crippen molar-refractivity contribution < 1.29 is 24.9 Å². The number of hydrogen-bond donors (Lipinski definition) is 3. The minimum Gasteiger partial charge on any atom is -0.481 e. The third-order valence-corrected chi connectivity index (χ3v) is 5.70. The van der Waals surface area contributed by atoms with Crippen LogP contribution in [-0.2, 0) is 16.0 Å². The van der Waals surface area contributed by atoms with Gasteiger partial charge in [-0.05, 0) is 24.8 Å². The minimum absolute atomic E-state index is 0.0207. The van der Waals surface area contributed by atoms with Gasteiger partial charge in [0.15, 0.2) is 0 Å². The number of aliphatic carboxylic acids is 1. The second-order valence-electron chi connectivity index (χ2n) is 8.35. The zero-order chi connectivity index (χ0) is 21.4. The van der Waals surface area contributed by atoms with E-state index in [0.29, 0.717) is 25.7 Å². The van der Waals surface area contributed by atoms with Gasteiger partial charge in [-0.15, -0.1) is 0 Å². The van der Waals surface area contributed by atoms with Crippen LogP contribution in [0.1, 0.15) is 45.1 Å². The molecule has 1 fully saturated rings. The van der Waals surface area contributed by atoms with E-state index in [1.807, 2.05) is 42.5 Å². The van der Waals surface area contributed by atoms with Crippen molar-refractivity contribution in [3.05, 3.63) is 60.2 Å². The second kappa shape index (κ2) is 10.5. The molecule has 5 heteroatoms. The predicted octanol–water partition coefficient (Wildman–Crippen LogP) is 3.55. The van der Waals surface area contributed by atoms with E-state index in [1.165, 1.54) is 0 Å². The molecule has 1 saturated carbocycles. The van der Waals surface area contributed by atoms with Crippen molar-refractivity contribution in [2.75, 3.05) is 0 Å². The number of aliphatic hydroxyl groups is 2. The average Bonchev–Trinajstić information content (AvgIpc) is 2.83. The summed E-state index contributed by atoms with van der Waals surface area (Å²) in [6.45, 7) is 3.52. The predicted molar refractivity (Wildman–Crippen MR) is 112 cm³/mol. The summed E-state index contributed by atoms with van der Waals surface area (Å²) in [5.74, 6) is -1.50. The van der Waals surface area contributed by atoms with Crippen molar-refractivity contribution in [1.29, 1.82) is 0 Å². The first-order chi connectivity index (χ1) is 13.7. The van der Waals surface area contributed by atoms with Crippen LogP contribution in [0.15, 0.2) is 54.6 Å². The van der Waals surface area contributed by atoms with Crippen LogP contribution in [0.5, 0.6) is 0 Å². The van der Waals surface area contributed by atoms with Gasteiger partial charge < -0.3 is 15.3 Å². The van der Waals surface area contributed by atoms with Crippen molar-refractivity contribution in [2.45, 2.75) is 58.2 Å². The topological polar surface area (TPSA) is 94.8 Å². The normalized spacial score (nSPS) is 25.1. The van der Waals surface area contributed by atoms with Gasteiger partial charge in [-0.3, -0.25) is 9.59 Å². The highest BCUT2D eigenvalue weighted by Crippen LogP contribution is 2.44. The van der Waals surface area contributed by atoms with Crippen molar-refractivity contribution in [3.8, 4) is 0 Å². The maximum Gasteiger partial charge on any atom is 0.303 e. The summed E-state index contributed by atoms with van der Waals surface area (Å²) in [6, 6.07) is 9.67. The summed E-state index contributed by atoms with van der Waals surface area (Å²) in [5.41, 5.74) is 0.190. The number of allylic oxidation sites excluding steroid dienone is 2. The highest BCUT2D eigenvalue weighted by atomic mass is 16.4. The molecule has 0 aliphatic heterocycles. The van der Waals surface area contributed by atoms with Crippen LogP contribution in [0.3, 0.4) is 0 Å². The molecule has 2 rings (SSSR count). The van der Waals surface area contributed by atoms with Gasteiger partial charge in [0.1, 0.15) is 5.78 Å². The van der Waals surface area contributed by atoms with E-state index in [-0.39, 0.29) is 24.0 Å². The largest absolute Gasteiger partial charge is 0.481 e. The Morgan fingerprint density at radius 3 is 2.55 bits per heavy atom. The lowest BCUT2D eigenvalue weighted by Gasteiger charge is -2.22. The first kappa shape index (κ1) is 23.0. The van der Waals surface area contributed by atoms with Gasteiger partial charge in [0.05, 0.1) is 17.6 Å². The molecule has 5 nitrogen and oxygen atoms in total. The Kier molecular flexibility index (Phi) is 8.35. The lowest BCUT2D eigenvalue weighted by molar-refractivity contribution is -0.137. The Labute approximate surface area is 172 Å². The number of hydrogen-bond acceptors (Lipinski definition) is 4. The molecule has 29 heavy (non-hydrogen) atoms. The molecule has 0 spiro atoms. The second-order valence-corrected chi connectivity index (χ2v) is 8.35. The molecule has 1 aliphatic rings. The minimum atomic E-state index is -0.832. The number of carboxylic acids is 1. The molecule has 0 amide bonds. The van der Waals surface area contributed by atoms with Gasteiger partial charge in [0.25, 0.3) is 0 Å². The SMILES string of the molecule is CC1(C)C(=O)[C@H](CC=CCCCC(=O)O)[C@@H](C=C[C@@H](O)Cc2ccccc2)[C@@H]1O. The molecule has 1 aromatic rings. The number of Topliss-reactive ketones (excluding diaryl/α,β-unsaturated/α-hetero) is 1. The molecule has 0 aromatic heterocycles. The van der Waals surface area contributed by atoms with E-state index in [9.17, 15) is 19.8 Å². The Balaban J connectivity index is 2.00. The van der Waals surface area contributed by atoms with Crippen molar-refractivity contribution >= 4 is 11.8 Å². The van der Waals surface area contributed by atoms with Gasteiger partial charge in [0.2, 0.25) is 0 Å². The summed E-state index contributed by atoms with van der Waals surface area (Å²) in [4.78, 5) is 23.4. The van der Waals surface area contributed by atoms with Crippen LogP contribution in [0.2, 0.25) is 0 Å². The van der Waals surface area contributed by atoms with Crippen LogP contribution in [-0.4, -0.2) is 39.3 Å². The molecule has 158 valence electrons. The lowest BCUT2D eigenvalue weighted by atomic mass is 9.86. The van der Waals surface area contributed by atoms with Gasteiger partial charge in [0, 0.05) is 24.7 Å². The molecule has 0 bridgehead atoms. The molecule has 1 aliphatic carbocycles. The lowest BCUT2D eigenvalue weighted by Crippen LogP contribution is -2.31. The van der Waals surface area contributed by atoms with Crippen LogP contribution in [0, 0.1) is 17.3 Å². The van der Waals surface area contributed by atoms with Crippen LogP contribution < -0.4 is 0 Å². The van der Waals surface area contributed by atoms with E-state index in [0.717, 1.165) is 5.56 Å². The van der Waals surface area contributed by atoms with E-state index >= 15 is 0 Å². The molecule has 3 N–H and O–H groups in total. The zero-order valence-electron chi connectivity index (χ0n) is 17.2. The van der Waals surface area contributed by atoms with Crippen LogP contribution in [0.4, 0.5) is 0 Å². The molecule has 4 atom stereocenters. The summed E-state index contributed by atoms with van der Waals surface area (Å²) in [7, 11) is 0. The van der Waals surface area contributed by atoms with Crippen LogP contribution >= 0.6 is 0 Å². The molecule has 1 aromatic carbocycles. The molecular formula is C24H32O5. The third kappa shape index (κ3) is 6.38. The first-order valence-corrected chi connectivity index (χ1v) is 10.2. The molecular weight excluding hydrogens is 368 g/mol. The molecule has 0 heterocycles. The monoisotopic (exact) mass is 400 g/mol. The zero-order valence-corrected chi connectivity index (χ0v) is 17.2. The van der Waals surface area contributed by atoms with Crippen molar-refractivity contribution in [2.24, 2.45) is 17.3 Å². The van der Waals surface area contributed by atoms with Crippen molar-refractivity contribution in [1.82, 2.24) is 0 Å². The summed E-state index contributed by atoms with van der Waals surface area (Å²) in [5, 5.41) is 29.7. The highest BCUT2D eigenvalue weighted by Gasteiger charge is 2.52. The first-order valence-electron chi connectivity index (χ1n) is 10.2. The molecule has 0 radical (unpaired) electrons. The number of carbonyl (C=O) groups is 2. The smallest absolute Gasteiger partial charge is 0.303 e. The average molecular weight is 401 g/mol. The Morgan fingerprint density at radius 1 is 1.21 bits per heavy atom. The van der Waals surface area contributed by atoms with Gasteiger partial charge in [-0.1, -0.05) is 68.5 Å². The van der Waals surface area contributed by atoms with Gasteiger partial charge in [-0.2, -0.15) is 0 Å². The Bertz CT molecular complexity index is 735. The quantitative estimate of drug-likeness (QED) is 0.412. The Hall–Kier alpha value is -2.24. The molecule has 0 unspecified atom stereocenters. The standard InChI is InChI=1S/C24H32O5/c1-24(2)22(28)19(12-8-3-4-9-13-21(26)27)20(23(24)29)15-14-18(25)16-17-10-6-5-7-11-17/h3,5-8,10-11,14-15,18-20,23,25,29H,4,9,12-13,16H2,1-2H3,(H,26,27)/t18-,19-,20-,23+/m1/s1. The van der Waals surface area contributed by atoms with E-state index in [1.54, 1.807) is 26.0 Å². The maximum absolute atomic E-state index is 12.8. The maximum atomic E-state index is 12.8. The van der Waals surface area contributed by atoms with Gasteiger partial charge >= 0.3 is 5.97 Å². The summed E-state index contributed by atoms with van der Waals surface area (Å²) >= 11 is 0. The van der Waals surface area contributed by atoms with E-state index in [2.05, 4.69) is 0 Å². The number of benzene rings is 1. The van der Waals surface area contributed by atoms with E-state index in [4.69, 9.17) is 5.11 Å². The fourth-order valence-corrected chi connectivity index (χ4v) is 3.92. The number of ketones is 1. The molecule has 0 saturated heterocycles. The van der Waals surface area contributed by atoms with Gasteiger partial charge in [-0.25, -0.2) is 0 Å². The number of unbranched alkanes of at least 4 members (excludes halogenated alkanes) is 1. The number of rotatable bonds is 10. The number of carbonyl (C=O) groups excluding carboxylic acids is 1. The fourth-order valence-electron chi connectivity index (χ4n) is 3.92. The fraction of sp³-hybridized carbons (Fsp3) is 0.500. The number of carboxylic acid groups (broad SMARTS) is 1. The van der Waals surface area contributed by atoms with Crippen LogP contribution in [0.25, 0.3) is 0 Å². The van der Waals surface area contributed by atoms with E-state index < -0.39 is 23.6 Å². The van der Waals surface area contributed by atoms with Crippen molar-refractivity contribution in [3.63, 3.8) is 0 Å². The third-order valence-electron chi connectivity index (χ3n) is 5.70. The summed E-state index contributed by atoms with van der Waals surface area (Å²) < 4.78 is 0. The number of aliphatic hydroxyl groups excluding tert-OH is 2. The summed E-state index contributed by atoms with van der Waals surface area (Å²) in [6.07, 6.45) is 8.09. The highest BCUT2D eigenvalue weighted by molar-refractivity contribution is 5.90. The Morgan fingerprint density at radius 2 is 1.90 bits per heavy atom.